The van der Waals surface area contributed by atoms with Crippen molar-refractivity contribution in [1.29, 1.82) is 0 Å². The van der Waals surface area contributed by atoms with E-state index in [0.29, 0.717) is 74.0 Å². The van der Waals surface area contributed by atoms with E-state index in [1.807, 2.05) is 9.80 Å². The SMILES string of the molecule is C[C@@H]1Cc2c([nH]c3c(F)cccc23)[C@@H](c2c(F)cc(C(O)C3CN(CCCF)C3)cc2F)N1CC(F)(F)CO.C[C@H]1Cc2c([nH]c3c(F)cccc23)[C@H](c2c(F)cc(C(O)C3CN(CCCF)C3)cc2F)N1CC(F)(F)CO. The third-order valence-electron chi connectivity index (χ3n) is 16.0. The number of aromatic nitrogens is 2. The van der Waals surface area contributed by atoms with Gasteiger partial charge < -0.3 is 40.2 Å². The quantitative estimate of drug-likeness (QED) is 0.0471. The zero-order valence-electron chi connectivity index (χ0n) is 42.8. The van der Waals surface area contributed by atoms with E-state index in [-0.39, 0.29) is 58.2 Å². The molecule has 78 heavy (non-hydrogen) atoms. The fourth-order valence-corrected chi connectivity index (χ4v) is 12.0. The molecule has 10 nitrogen and oxygen atoms in total. The van der Waals surface area contributed by atoms with Gasteiger partial charge in [-0.25, -0.2) is 43.9 Å². The molecule has 4 aromatic carbocycles. The Morgan fingerprint density at radius 3 is 1.22 bits per heavy atom. The standard InChI is InChI=1S/2C28H31F6N3O2/c2*1-15-8-19-18-4-2-5-20(30)24(18)35-25(19)26(37(15)13-28(33,34)14-38)23-21(31)9-16(10-22(23)32)27(39)17-11-36(12-17)7-3-6-29/h2*2,4-5,9-10,15,17,26-27,35,38-39H,3,6-8,11-14H2,1H3/t2*15-,26-,27?/m10/s1. The van der Waals surface area contributed by atoms with Crippen molar-refractivity contribution in [2.24, 2.45) is 11.8 Å². The van der Waals surface area contributed by atoms with Crippen molar-refractivity contribution < 1.29 is 73.1 Å². The number of halogens is 12. The Morgan fingerprint density at radius 1 is 0.551 bits per heavy atom. The van der Waals surface area contributed by atoms with E-state index in [1.165, 1.54) is 34.1 Å². The number of aromatic amines is 2. The third kappa shape index (κ3) is 11.3. The molecule has 0 aliphatic carbocycles. The summed E-state index contributed by atoms with van der Waals surface area (Å²) < 4.78 is 175. The lowest BCUT2D eigenvalue weighted by Gasteiger charge is -2.43. The van der Waals surface area contributed by atoms with E-state index in [4.69, 9.17) is 0 Å². The summed E-state index contributed by atoms with van der Waals surface area (Å²) in [6.07, 6.45) is -1.16. The van der Waals surface area contributed by atoms with Gasteiger partial charge in [0.15, 0.2) is 0 Å². The Kier molecular flexibility index (Phi) is 17.0. The molecule has 22 heteroatoms. The third-order valence-corrected chi connectivity index (χ3v) is 16.0. The predicted octanol–water partition coefficient (Wildman–Crippen LogP) is 9.75. The lowest BCUT2D eigenvalue weighted by Crippen LogP contribution is -2.50. The molecular formula is C56H62F12N6O4. The summed E-state index contributed by atoms with van der Waals surface area (Å²) in [4.78, 5) is 12.1. The Bertz CT molecular complexity index is 2840. The number of hydrogen-bond acceptors (Lipinski definition) is 8. The van der Waals surface area contributed by atoms with Crippen molar-refractivity contribution in [3.8, 4) is 0 Å². The van der Waals surface area contributed by atoms with Gasteiger partial charge in [-0.1, -0.05) is 24.3 Å². The highest BCUT2D eigenvalue weighted by atomic mass is 19.3. The van der Waals surface area contributed by atoms with Crippen molar-refractivity contribution >= 4 is 21.8 Å². The van der Waals surface area contributed by atoms with Crippen LogP contribution in [0.1, 0.15) is 95.7 Å². The van der Waals surface area contributed by atoms with Crippen LogP contribution in [0.4, 0.5) is 52.7 Å². The lowest BCUT2D eigenvalue weighted by molar-refractivity contribution is -0.0870. The lowest BCUT2D eigenvalue weighted by atomic mass is 9.85. The second kappa shape index (κ2) is 23.1. The van der Waals surface area contributed by atoms with Gasteiger partial charge in [-0.2, -0.15) is 0 Å². The summed E-state index contributed by atoms with van der Waals surface area (Å²) in [7, 11) is 0. The van der Waals surface area contributed by atoms with Crippen LogP contribution in [-0.4, -0.2) is 153 Å². The van der Waals surface area contributed by atoms with Crippen LogP contribution >= 0.6 is 0 Å². The molecule has 0 spiro atoms. The summed E-state index contributed by atoms with van der Waals surface area (Å²) in [5.41, 5.74) is 0.830. The summed E-state index contributed by atoms with van der Waals surface area (Å²) in [6, 6.07) is 8.88. The Balaban J connectivity index is 0.000000190. The van der Waals surface area contributed by atoms with Gasteiger partial charge >= 0.3 is 0 Å². The van der Waals surface area contributed by atoms with Gasteiger partial charge in [-0.05, 0) is 98.2 Å². The number of aliphatic hydroxyl groups is 4. The minimum atomic E-state index is -3.55. The number of alkyl halides is 6. The monoisotopic (exact) mass is 1110 g/mol. The van der Waals surface area contributed by atoms with Crippen molar-refractivity contribution in [3.63, 3.8) is 0 Å². The van der Waals surface area contributed by atoms with Crippen LogP contribution in [-0.2, 0) is 12.8 Å². The van der Waals surface area contributed by atoms with Crippen molar-refractivity contribution in [1.82, 2.24) is 29.6 Å². The molecular weight excluding hydrogens is 1050 g/mol. The number of aliphatic hydroxyl groups excluding tert-OH is 4. The second-order valence-corrected chi connectivity index (χ2v) is 21.5. The van der Waals surface area contributed by atoms with E-state index in [1.54, 1.807) is 26.0 Å². The van der Waals surface area contributed by atoms with Crippen LogP contribution in [0.25, 0.3) is 21.8 Å². The molecule has 4 aliphatic rings. The highest BCUT2D eigenvalue weighted by molar-refractivity contribution is 5.87. The molecule has 424 valence electrons. The summed E-state index contributed by atoms with van der Waals surface area (Å²) in [5, 5.41) is 41.0. The maximum Gasteiger partial charge on any atom is 0.283 e. The molecule has 0 saturated carbocycles. The maximum absolute atomic E-state index is 15.8. The summed E-state index contributed by atoms with van der Waals surface area (Å²) >= 11 is 0. The molecule has 6 N–H and O–H groups in total. The average Bonchev–Trinajstić information content (AvgIpc) is 4.07. The second-order valence-electron chi connectivity index (χ2n) is 21.5. The molecule has 10 rings (SSSR count). The Morgan fingerprint density at radius 2 is 0.897 bits per heavy atom. The van der Waals surface area contributed by atoms with Crippen LogP contribution in [0.2, 0.25) is 0 Å². The fraction of sp³-hybridized carbons (Fsp3) is 0.500. The number of fused-ring (bicyclic) bond motifs is 6. The number of likely N-dealkylation sites (tertiary alicyclic amines) is 2. The molecule has 4 aliphatic heterocycles. The smallest absolute Gasteiger partial charge is 0.283 e. The topological polar surface area (TPSA) is 125 Å². The Labute approximate surface area is 442 Å². The van der Waals surface area contributed by atoms with E-state index in [0.717, 1.165) is 24.3 Å². The number of para-hydroxylation sites is 2. The number of H-pyrrole nitrogens is 2. The van der Waals surface area contributed by atoms with Gasteiger partial charge in [0.25, 0.3) is 11.8 Å². The molecule has 6 atom stereocenters. The molecule has 0 amide bonds. The van der Waals surface area contributed by atoms with Gasteiger partial charge in [0.05, 0.1) is 61.8 Å². The van der Waals surface area contributed by atoms with Gasteiger partial charge in [0.1, 0.15) is 48.1 Å². The first-order valence-electron chi connectivity index (χ1n) is 26.1. The van der Waals surface area contributed by atoms with E-state index < -0.39 is 134 Å². The normalized spacial score (nSPS) is 21.8. The highest BCUT2D eigenvalue weighted by Crippen LogP contribution is 2.47. The van der Waals surface area contributed by atoms with Gasteiger partial charge in [0, 0.05) is 96.5 Å². The van der Waals surface area contributed by atoms with Crippen LogP contribution in [0, 0.1) is 46.7 Å². The first-order valence-corrected chi connectivity index (χ1v) is 26.1. The highest BCUT2D eigenvalue weighted by Gasteiger charge is 2.46. The van der Waals surface area contributed by atoms with Crippen molar-refractivity contribution in [2.75, 3.05) is 78.9 Å². The number of rotatable bonds is 18. The van der Waals surface area contributed by atoms with E-state index >= 15 is 17.6 Å². The van der Waals surface area contributed by atoms with Gasteiger partial charge in [-0.3, -0.25) is 18.6 Å². The van der Waals surface area contributed by atoms with Crippen LogP contribution in [0.5, 0.6) is 0 Å². The van der Waals surface area contributed by atoms with Gasteiger partial charge in [-0.15, -0.1) is 0 Å². The molecule has 0 radical (unpaired) electrons. The number of nitrogens with one attached hydrogen (secondary N) is 2. The maximum atomic E-state index is 15.8. The van der Waals surface area contributed by atoms with Crippen molar-refractivity contribution in [2.45, 2.75) is 87.8 Å². The summed E-state index contributed by atoms with van der Waals surface area (Å²) in [6.45, 7) is 0.419. The first-order chi connectivity index (χ1) is 37.1. The summed E-state index contributed by atoms with van der Waals surface area (Å²) in [5.74, 6) is -13.0. The van der Waals surface area contributed by atoms with E-state index in [2.05, 4.69) is 9.97 Å². The van der Waals surface area contributed by atoms with Crippen LogP contribution in [0.15, 0.2) is 60.7 Å². The molecule has 2 unspecified atom stereocenters. The average molecular weight is 1110 g/mol. The first kappa shape index (κ1) is 57.5. The number of benzene rings is 4. The van der Waals surface area contributed by atoms with Crippen LogP contribution in [0.3, 0.4) is 0 Å². The zero-order valence-corrected chi connectivity index (χ0v) is 42.8. The van der Waals surface area contributed by atoms with E-state index in [9.17, 15) is 55.5 Å². The van der Waals surface area contributed by atoms with Gasteiger partial charge in [0.2, 0.25) is 0 Å². The minimum absolute atomic E-state index is 0.0166. The number of nitrogens with zero attached hydrogens (tertiary/aromatic N) is 4. The molecule has 2 saturated heterocycles. The molecule has 2 aromatic heterocycles. The Hall–Kier alpha value is -5.20. The zero-order chi connectivity index (χ0) is 56.1. The molecule has 6 aromatic rings. The van der Waals surface area contributed by atoms with Crippen LogP contribution < -0.4 is 0 Å². The molecule has 2 fully saturated rings. The fourth-order valence-electron chi connectivity index (χ4n) is 12.0. The predicted molar refractivity (Wildman–Crippen MR) is 268 cm³/mol. The molecule has 0 bridgehead atoms. The molecule has 6 heterocycles. The number of hydrogen-bond donors (Lipinski definition) is 6. The largest absolute Gasteiger partial charge is 0.390 e. The van der Waals surface area contributed by atoms with Crippen molar-refractivity contribution in [3.05, 3.63) is 140 Å². The minimum Gasteiger partial charge on any atom is -0.390 e.